The average molecular weight is 439 g/mol. The largest absolute Gasteiger partial charge is 0.374 e. The second kappa shape index (κ2) is 11.4. The first kappa shape index (κ1) is 22.0. The number of hydrogen-bond donors (Lipinski definition) is 0. The van der Waals surface area contributed by atoms with Crippen LogP contribution in [-0.2, 0) is 38.8 Å². The summed E-state index contributed by atoms with van der Waals surface area (Å²) in [6.07, 6.45) is -1.03. The zero-order chi connectivity index (χ0) is 21.3. The Labute approximate surface area is 188 Å². The molecule has 0 aromatic heterocycles. The molecule has 4 rings (SSSR count). The average Bonchev–Trinajstić information content (AvgIpc) is 3.12. The van der Waals surface area contributed by atoms with Crippen LogP contribution in [0.2, 0.25) is 0 Å². The number of hydrogen-bond acceptors (Lipinski definition) is 4. The second-order valence-corrected chi connectivity index (χ2v) is 7.98. The SMILES string of the molecule is Cl[C@H]1O[C@H](COCc2ccccc2)C(OCc2ccccc2)C1OCc1ccccc1. The van der Waals surface area contributed by atoms with Crippen LogP contribution in [0.1, 0.15) is 16.7 Å². The van der Waals surface area contributed by atoms with Crippen LogP contribution in [-0.4, -0.2) is 30.5 Å². The van der Waals surface area contributed by atoms with E-state index in [2.05, 4.69) is 0 Å². The van der Waals surface area contributed by atoms with E-state index in [1.807, 2.05) is 91.0 Å². The van der Waals surface area contributed by atoms with E-state index in [0.29, 0.717) is 26.4 Å². The Balaban J connectivity index is 1.39. The fourth-order valence-electron chi connectivity index (χ4n) is 3.59. The summed E-state index contributed by atoms with van der Waals surface area (Å²) < 4.78 is 24.3. The van der Waals surface area contributed by atoms with E-state index in [9.17, 15) is 0 Å². The highest BCUT2D eigenvalue weighted by atomic mass is 35.5. The van der Waals surface area contributed by atoms with E-state index >= 15 is 0 Å². The van der Waals surface area contributed by atoms with Crippen molar-refractivity contribution in [2.24, 2.45) is 0 Å². The fraction of sp³-hybridized carbons (Fsp3) is 0.308. The molecule has 1 saturated heterocycles. The number of alkyl halides is 1. The van der Waals surface area contributed by atoms with E-state index in [1.165, 1.54) is 0 Å². The number of benzene rings is 3. The Morgan fingerprint density at radius 2 is 1.06 bits per heavy atom. The molecule has 0 spiro atoms. The van der Waals surface area contributed by atoms with Gasteiger partial charge in [-0.15, -0.1) is 0 Å². The molecule has 0 amide bonds. The van der Waals surface area contributed by atoms with E-state index < -0.39 is 11.7 Å². The summed E-state index contributed by atoms with van der Waals surface area (Å²) in [5.41, 5.74) is 2.68. The molecule has 3 aromatic rings. The summed E-state index contributed by atoms with van der Waals surface area (Å²) in [5.74, 6) is 0. The standard InChI is InChI=1S/C26H27ClO4/c27-26-25(30-18-22-14-8-3-9-15-22)24(29-17-21-12-6-2-7-13-21)23(31-26)19-28-16-20-10-4-1-5-11-20/h1-15,23-26H,16-19H2/t23-,24?,25?,26+/m1/s1. The minimum absolute atomic E-state index is 0.310. The maximum atomic E-state index is 6.53. The Kier molecular flexibility index (Phi) is 8.11. The van der Waals surface area contributed by atoms with Crippen molar-refractivity contribution in [1.82, 2.24) is 0 Å². The molecule has 1 aliphatic heterocycles. The second-order valence-electron chi connectivity index (χ2n) is 7.55. The number of ether oxygens (including phenoxy) is 4. The van der Waals surface area contributed by atoms with Gasteiger partial charge in [-0.3, -0.25) is 0 Å². The summed E-state index contributed by atoms with van der Waals surface area (Å²) >= 11 is 6.53. The van der Waals surface area contributed by atoms with Gasteiger partial charge in [0.2, 0.25) is 0 Å². The van der Waals surface area contributed by atoms with E-state index in [1.54, 1.807) is 0 Å². The molecule has 0 bridgehead atoms. The molecule has 0 N–H and O–H groups in total. The third-order valence-electron chi connectivity index (χ3n) is 5.22. The maximum absolute atomic E-state index is 6.53. The molecule has 31 heavy (non-hydrogen) atoms. The first-order chi connectivity index (χ1) is 15.3. The molecule has 1 aliphatic rings. The van der Waals surface area contributed by atoms with Crippen molar-refractivity contribution in [3.8, 4) is 0 Å². The molecule has 1 fully saturated rings. The van der Waals surface area contributed by atoms with Crippen molar-refractivity contribution >= 4 is 11.6 Å². The summed E-state index contributed by atoms with van der Waals surface area (Å²) in [7, 11) is 0. The van der Waals surface area contributed by atoms with Crippen LogP contribution in [0.25, 0.3) is 0 Å². The first-order valence-corrected chi connectivity index (χ1v) is 11.0. The van der Waals surface area contributed by atoms with Gasteiger partial charge < -0.3 is 18.9 Å². The number of halogens is 1. The van der Waals surface area contributed by atoms with Crippen LogP contribution in [0.5, 0.6) is 0 Å². The van der Waals surface area contributed by atoms with Crippen molar-refractivity contribution in [2.45, 2.75) is 43.7 Å². The summed E-state index contributed by atoms with van der Waals surface area (Å²) in [6.45, 7) is 1.79. The van der Waals surface area contributed by atoms with Crippen LogP contribution < -0.4 is 0 Å². The third-order valence-corrected chi connectivity index (χ3v) is 5.57. The van der Waals surface area contributed by atoms with E-state index in [0.717, 1.165) is 16.7 Å². The number of rotatable bonds is 10. The smallest absolute Gasteiger partial charge is 0.160 e. The van der Waals surface area contributed by atoms with E-state index in [-0.39, 0.29) is 12.2 Å². The quantitative estimate of drug-likeness (QED) is 0.400. The Bertz CT molecular complexity index is 891. The minimum Gasteiger partial charge on any atom is -0.374 e. The van der Waals surface area contributed by atoms with Crippen molar-refractivity contribution in [2.75, 3.05) is 6.61 Å². The highest BCUT2D eigenvalue weighted by molar-refractivity contribution is 6.20. The Hall–Kier alpha value is -2.21. The zero-order valence-electron chi connectivity index (χ0n) is 17.3. The Morgan fingerprint density at radius 3 is 1.58 bits per heavy atom. The van der Waals surface area contributed by atoms with Crippen LogP contribution in [0.15, 0.2) is 91.0 Å². The van der Waals surface area contributed by atoms with E-state index in [4.69, 9.17) is 30.5 Å². The molecular weight excluding hydrogens is 412 g/mol. The van der Waals surface area contributed by atoms with Gasteiger partial charge in [-0.25, -0.2) is 0 Å². The maximum Gasteiger partial charge on any atom is 0.160 e. The van der Waals surface area contributed by atoms with Gasteiger partial charge in [0.15, 0.2) is 5.56 Å². The molecule has 5 heteroatoms. The highest BCUT2D eigenvalue weighted by Gasteiger charge is 2.45. The van der Waals surface area contributed by atoms with Gasteiger partial charge in [-0.1, -0.05) is 103 Å². The molecule has 4 atom stereocenters. The van der Waals surface area contributed by atoms with Gasteiger partial charge in [0.05, 0.1) is 26.4 Å². The molecule has 0 radical (unpaired) electrons. The lowest BCUT2D eigenvalue weighted by Crippen LogP contribution is -2.38. The lowest BCUT2D eigenvalue weighted by molar-refractivity contribution is -0.0896. The van der Waals surface area contributed by atoms with Gasteiger partial charge >= 0.3 is 0 Å². The van der Waals surface area contributed by atoms with Crippen LogP contribution in [0.4, 0.5) is 0 Å². The lowest BCUT2D eigenvalue weighted by atomic mass is 10.1. The summed E-state index contributed by atoms with van der Waals surface area (Å²) in [5, 5.41) is 0. The highest BCUT2D eigenvalue weighted by Crippen LogP contribution is 2.31. The van der Waals surface area contributed by atoms with Gasteiger partial charge in [0.1, 0.15) is 18.3 Å². The summed E-state index contributed by atoms with van der Waals surface area (Å²) in [4.78, 5) is 0. The zero-order valence-corrected chi connectivity index (χ0v) is 18.1. The predicted octanol–water partition coefficient (Wildman–Crippen LogP) is 5.34. The van der Waals surface area contributed by atoms with Gasteiger partial charge in [0, 0.05) is 0 Å². The molecule has 162 valence electrons. The van der Waals surface area contributed by atoms with Crippen LogP contribution in [0, 0.1) is 0 Å². The predicted molar refractivity (Wildman–Crippen MR) is 121 cm³/mol. The van der Waals surface area contributed by atoms with Crippen molar-refractivity contribution in [1.29, 1.82) is 0 Å². The van der Waals surface area contributed by atoms with Crippen molar-refractivity contribution < 1.29 is 18.9 Å². The molecular formula is C26H27ClO4. The molecule has 0 saturated carbocycles. The Morgan fingerprint density at radius 1 is 0.613 bits per heavy atom. The molecule has 2 unspecified atom stereocenters. The molecule has 4 nitrogen and oxygen atoms in total. The normalized spacial score (nSPS) is 23.1. The van der Waals surface area contributed by atoms with Crippen LogP contribution >= 0.6 is 11.6 Å². The van der Waals surface area contributed by atoms with Gasteiger partial charge in [-0.2, -0.15) is 0 Å². The van der Waals surface area contributed by atoms with Crippen molar-refractivity contribution in [3.63, 3.8) is 0 Å². The monoisotopic (exact) mass is 438 g/mol. The summed E-state index contributed by atoms with van der Waals surface area (Å²) in [6, 6.07) is 30.1. The van der Waals surface area contributed by atoms with Crippen LogP contribution in [0.3, 0.4) is 0 Å². The van der Waals surface area contributed by atoms with Gasteiger partial charge in [-0.05, 0) is 16.7 Å². The molecule has 0 aliphatic carbocycles. The fourth-order valence-corrected chi connectivity index (χ4v) is 3.94. The molecule has 1 heterocycles. The lowest BCUT2D eigenvalue weighted by Gasteiger charge is -2.24. The third kappa shape index (κ3) is 6.39. The van der Waals surface area contributed by atoms with Gasteiger partial charge in [0.25, 0.3) is 0 Å². The first-order valence-electron chi connectivity index (χ1n) is 10.5. The minimum atomic E-state index is -0.602. The molecule has 3 aromatic carbocycles. The van der Waals surface area contributed by atoms with Crippen molar-refractivity contribution in [3.05, 3.63) is 108 Å². The topological polar surface area (TPSA) is 36.9 Å².